The molecule has 1 aromatic rings. The van der Waals surface area contributed by atoms with E-state index in [1.54, 1.807) is 12.1 Å². The van der Waals surface area contributed by atoms with E-state index in [1.165, 1.54) is 0 Å². The van der Waals surface area contributed by atoms with Crippen LogP contribution in [0.2, 0.25) is 10.0 Å². The number of nitrogens with one attached hydrogen (secondary N) is 1. The lowest BCUT2D eigenvalue weighted by Gasteiger charge is -2.33. The van der Waals surface area contributed by atoms with Gasteiger partial charge in [0.1, 0.15) is 6.61 Å². The van der Waals surface area contributed by atoms with E-state index in [4.69, 9.17) is 27.9 Å². The SMILES string of the molecule is CC1CNCCN1CCOc1c(Cl)cccc1Cl.Cl. The van der Waals surface area contributed by atoms with Gasteiger partial charge in [0.2, 0.25) is 0 Å². The molecule has 1 aliphatic rings. The molecule has 108 valence electrons. The first-order valence-corrected chi connectivity index (χ1v) is 6.95. The average Bonchev–Trinajstić information content (AvgIpc) is 2.35. The first kappa shape index (κ1) is 16.9. The smallest absolute Gasteiger partial charge is 0.156 e. The minimum atomic E-state index is 0. The quantitative estimate of drug-likeness (QED) is 0.920. The summed E-state index contributed by atoms with van der Waals surface area (Å²) in [4.78, 5) is 2.40. The van der Waals surface area contributed by atoms with Crippen LogP contribution in [0.15, 0.2) is 18.2 Å². The van der Waals surface area contributed by atoms with Crippen molar-refractivity contribution >= 4 is 35.6 Å². The summed E-state index contributed by atoms with van der Waals surface area (Å²) in [7, 11) is 0. The van der Waals surface area contributed by atoms with Crippen LogP contribution in [-0.4, -0.2) is 43.7 Å². The predicted octanol–water partition coefficient (Wildman–Crippen LogP) is 3.09. The second-order valence-electron chi connectivity index (χ2n) is 4.49. The molecule has 1 unspecified atom stereocenters. The average molecular weight is 326 g/mol. The molecule has 0 aromatic heterocycles. The minimum absolute atomic E-state index is 0. The van der Waals surface area contributed by atoms with Crippen LogP contribution in [0.4, 0.5) is 0 Å². The molecule has 19 heavy (non-hydrogen) atoms. The molecule has 1 heterocycles. The zero-order chi connectivity index (χ0) is 13.0. The monoisotopic (exact) mass is 324 g/mol. The predicted molar refractivity (Wildman–Crippen MR) is 83.1 cm³/mol. The van der Waals surface area contributed by atoms with Crippen molar-refractivity contribution < 1.29 is 4.74 Å². The largest absolute Gasteiger partial charge is 0.489 e. The molecule has 2 rings (SSSR count). The summed E-state index contributed by atoms with van der Waals surface area (Å²) in [5.41, 5.74) is 0. The molecular weight excluding hydrogens is 307 g/mol. The summed E-state index contributed by atoms with van der Waals surface area (Å²) >= 11 is 12.1. The number of rotatable bonds is 4. The maximum Gasteiger partial charge on any atom is 0.156 e. The first-order valence-electron chi connectivity index (χ1n) is 6.20. The second kappa shape index (κ2) is 8.18. The van der Waals surface area contributed by atoms with E-state index in [9.17, 15) is 0 Å². The van der Waals surface area contributed by atoms with Gasteiger partial charge in [0.25, 0.3) is 0 Å². The molecule has 1 fully saturated rings. The standard InChI is InChI=1S/C13H18Cl2N2O.ClH/c1-10-9-16-5-6-17(10)7-8-18-13-11(14)3-2-4-12(13)15;/h2-4,10,16H,5-9H2,1H3;1H. The summed E-state index contributed by atoms with van der Waals surface area (Å²) in [5, 5.41) is 4.50. The number of nitrogens with zero attached hydrogens (tertiary/aromatic N) is 1. The number of hydrogen-bond donors (Lipinski definition) is 1. The van der Waals surface area contributed by atoms with Gasteiger partial charge in [0.05, 0.1) is 10.0 Å². The van der Waals surface area contributed by atoms with Gasteiger partial charge < -0.3 is 10.1 Å². The highest BCUT2D eigenvalue weighted by Crippen LogP contribution is 2.32. The lowest BCUT2D eigenvalue weighted by Crippen LogP contribution is -2.50. The Labute approximate surface area is 130 Å². The number of halogens is 3. The van der Waals surface area contributed by atoms with Gasteiger partial charge in [-0.05, 0) is 19.1 Å². The number of piperazine rings is 1. The Hall–Kier alpha value is -0.190. The van der Waals surface area contributed by atoms with E-state index < -0.39 is 0 Å². The van der Waals surface area contributed by atoms with Gasteiger partial charge in [0.15, 0.2) is 5.75 Å². The Kier molecular flexibility index (Phi) is 7.26. The van der Waals surface area contributed by atoms with E-state index in [-0.39, 0.29) is 12.4 Å². The van der Waals surface area contributed by atoms with E-state index in [0.717, 1.165) is 26.2 Å². The molecule has 0 spiro atoms. The fraction of sp³-hybridized carbons (Fsp3) is 0.538. The van der Waals surface area contributed by atoms with Crippen LogP contribution < -0.4 is 10.1 Å². The second-order valence-corrected chi connectivity index (χ2v) is 5.30. The maximum absolute atomic E-state index is 6.05. The van der Waals surface area contributed by atoms with E-state index in [1.807, 2.05) is 6.07 Å². The summed E-state index contributed by atoms with van der Waals surface area (Å²) in [6.45, 7) is 6.84. The molecular formula is C13H19Cl3N2O. The Morgan fingerprint density at radius 2 is 2.05 bits per heavy atom. The lowest BCUT2D eigenvalue weighted by atomic mass is 10.2. The highest BCUT2D eigenvalue weighted by molar-refractivity contribution is 6.37. The molecule has 0 saturated carbocycles. The van der Waals surface area contributed by atoms with Crippen LogP contribution >= 0.6 is 35.6 Å². The summed E-state index contributed by atoms with van der Waals surface area (Å²) in [5.74, 6) is 0.587. The Morgan fingerprint density at radius 1 is 1.37 bits per heavy atom. The fourth-order valence-corrected chi connectivity index (χ4v) is 2.61. The minimum Gasteiger partial charge on any atom is -0.489 e. The Bertz CT molecular complexity index is 383. The van der Waals surface area contributed by atoms with Gasteiger partial charge in [-0.2, -0.15) is 0 Å². The molecule has 1 aromatic carbocycles. The third kappa shape index (κ3) is 4.69. The van der Waals surface area contributed by atoms with E-state index in [2.05, 4.69) is 17.1 Å². The Morgan fingerprint density at radius 3 is 2.68 bits per heavy atom. The molecule has 6 heteroatoms. The summed E-state index contributed by atoms with van der Waals surface area (Å²) in [6.07, 6.45) is 0. The van der Waals surface area contributed by atoms with Crippen molar-refractivity contribution in [3.05, 3.63) is 28.2 Å². The normalized spacial score (nSPS) is 19.8. The van der Waals surface area contributed by atoms with Gasteiger partial charge in [-0.3, -0.25) is 4.90 Å². The van der Waals surface area contributed by atoms with Gasteiger partial charge in [0, 0.05) is 32.2 Å². The van der Waals surface area contributed by atoms with Crippen molar-refractivity contribution in [3.8, 4) is 5.75 Å². The van der Waals surface area contributed by atoms with Crippen LogP contribution in [0.5, 0.6) is 5.75 Å². The van der Waals surface area contributed by atoms with Gasteiger partial charge in [-0.1, -0.05) is 29.3 Å². The van der Waals surface area contributed by atoms with Crippen molar-refractivity contribution in [1.29, 1.82) is 0 Å². The highest BCUT2D eigenvalue weighted by atomic mass is 35.5. The molecule has 3 nitrogen and oxygen atoms in total. The maximum atomic E-state index is 6.05. The topological polar surface area (TPSA) is 24.5 Å². The van der Waals surface area contributed by atoms with Gasteiger partial charge in [-0.25, -0.2) is 0 Å². The highest BCUT2D eigenvalue weighted by Gasteiger charge is 2.17. The lowest BCUT2D eigenvalue weighted by molar-refractivity contribution is 0.143. The molecule has 0 radical (unpaired) electrons. The van der Waals surface area contributed by atoms with Crippen LogP contribution in [0.1, 0.15) is 6.92 Å². The summed E-state index contributed by atoms with van der Waals surface area (Å²) < 4.78 is 5.69. The number of hydrogen-bond acceptors (Lipinski definition) is 3. The number of para-hydroxylation sites is 1. The number of benzene rings is 1. The molecule has 1 aliphatic heterocycles. The zero-order valence-electron chi connectivity index (χ0n) is 10.9. The van der Waals surface area contributed by atoms with Crippen molar-refractivity contribution in [2.45, 2.75) is 13.0 Å². The first-order chi connectivity index (χ1) is 8.68. The summed E-state index contributed by atoms with van der Waals surface area (Å²) in [6, 6.07) is 5.94. The van der Waals surface area contributed by atoms with E-state index >= 15 is 0 Å². The third-order valence-corrected chi connectivity index (χ3v) is 3.78. The molecule has 0 bridgehead atoms. The third-order valence-electron chi connectivity index (χ3n) is 3.18. The molecule has 1 atom stereocenters. The van der Waals surface area contributed by atoms with Crippen LogP contribution in [0.3, 0.4) is 0 Å². The van der Waals surface area contributed by atoms with Crippen LogP contribution in [0, 0.1) is 0 Å². The van der Waals surface area contributed by atoms with Crippen molar-refractivity contribution in [1.82, 2.24) is 10.2 Å². The molecule has 1 N–H and O–H groups in total. The van der Waals surface area contributed by atoms with Gasteiger partial charge >= 0.3 is 0 Å². The van der Waals surface area contributed by atoms with Crippen LogP contribution in [0.25, 0.3) is 0 Å². The van der Waals surface area contributed by atoms with Gasteiger partial charge in [-0.15, -0.1) is 12.4 Å². The molecule has 0 aliphatic carbocycles. The number of ether oxygens (including phenoxy) is 1. The van der Waals surface area contributed by atoms with Crippen molar-refractivity contribution in [2.75, 3.05) is 32.8 Å². The van der Waals surface area contributed by atoms with Crippen LogP contribution in [-0.2, 0) is 0 Å². The Balaban J connectivity index is 0.00000180. The van der Waals surface area contributed by atoms with Crippen molar-refractivity contribution in [2.24, 2.45) is 0 Å². The van der Waals surface area contributed by atoms with Crippen molar-refractivity contribution in [3.63, 3.8) is 0 Å². The molecule has 1 saturated heterocycles. The zero-order valence-corrected chi connectivity index (χ0v) is 13.2. The molecule has 0 amide bonds. The fourth-order valence-electron chi connectivity index (χ4n) is 2.10. The van der Waals surface area contributed by atoms with E-state index in [0.29, 0.717) is 28.4 Å².